The highest BCUT2D eigenvalue weighted by Crippen LogP contribution is 2.14. The number of carbonyl (C=O) groups excluding carboxylic acids is 1. The summed E-state index contributed by atoms with van der Waals surface area (Å²) in [6.45, 7) is 0.568. The molecule has 0 unspecified atom stereocenters. The molecule has 0 aliphatic heterocycles. The van der Waals surface area contributed by atoms with Crippen LogP contribution in [0.25, 0.3) is 11.4 Å². The number of rotatable bonds is 5. The van der Waals surface area contributed by atoms with Crippen LogP contribution >= 0.6 is 0 Å². The number of benzene rings is 1. The van der Waals surface area contributed by atoms with E-state index < -0.39 is 0 Å². The van der Waals surface area contributed by atoms with E-state index >= 15 is 0 Å². The van der Waals surface area contributed by atoms with Crippen molar-refractivity contribution in [3.05, 3.63) is 48.3 Å². The smallest absolute Gasteiger partial charge is 0.159 e. The standard InChI is InChI=1S/C13H12N2O2/c16-8-9-17-10-11-2-4-12(5-3-11)13-14-6-1-7-15-13/h1-8H,9-10H2. The fraction of sp³-hybridized carbons (Fsp3) is 0.154. The van der Waals surface area contributed by atoms with Crippen LogP contribution in [0.5, 0.6) is 0 Å². The predicted octanol–water partition coefficient (Wildman–Crippen LogP) is 1.86. The first-order chi connectivity index (χ1) is 8.40. The first-order valence-corrected chi connectivity index (χ1v) is 5.28. The van der Waals surface area contributed by atoms with E-state index in [1.807, 2.05) is 24.3 Å². The van der Waals surface area contributed by atoms with Crippen molar-refractivity contribution in [2.45, 2.75) is 6.61 Å². The zero-order valence-electron chi connectivity index (χ0n) is 9.24. The number of hydrogen-bond donors (Lipinski definition) is 0. The Morgan fingerprint density at radius 3 is 2.47 bits per heavy atom. The third-order valence-electron chi connectivity index (χ3n) is 2.23. The highest BCUT2D eigenvalue weighted by Gasteiger charge is 1.99. The average Bonchev–Trinajstić information content (AvgIpc) is 2.41. The second-order valence-electron chi connectivity index (χ2n) is 3.45. The van der Waals surface area contributed by atoms with E-state index in [0.29, 0.717) is 12.4 Å². The SMILES string of the molecule is O=CCOCc1ccc(-c2ncccn2)cc1. The minimum Gasteiger partial charge on any atom is -0.369 e. The summed E-state index contributed by atoms with van der Waals surface area (Å²) in [6.07, 6.45) is 4.17. The summed E-state index contributed by atoms with van der Waals surface area (Å²) in [4.78, 5) is 18.4. The van der Waals surface area contributed by atoms with Gasteiger partial charge in [-0.3, -0.25) is 0 Å². The lowest BCUT2D eigenvalue weighted by Gasteiger charge is -2.03. The van der Waals surface area contributed by atoms with E-state index in [9.17, 15) is 4.79 Å². The lowest BCUT2D eigenvalue weighted by atomic mass is 10.1. The molecule has 0 bridgehead atoms. The molecule has 0 aliphatic rings. The fourth-order valence-electron chi connectivity index (χ4n) is 1.42. The predicted molar refractivity (Wildman–Crippen MR) is 63.2 cm³/mol. The largest absolute Gasteiger partial charge is 0.369 e. The van der Waals surface area contributed by atoms with E-state index in [2.05, 4.69) is 9.97 Å². The van der Waals surface area contributed by atoms with Gasteiger partial charge in [-0.2, -0.15) is 0 Å². The van der Waals surface area contributed by atoms with Crippen molar-refractivity contribution in [2.75, 3.05) is 6.61 Å². The summed E-state index contributed by atoms with van der Waals surface area (Å²) >= 11 is 0. The summed E-state index contributed by atoms with van der Waals surface area (Å²) in [6, 6.07) is 9.54. The molecule has 4 nitrogen and oxygen atoms in total. The van der Waals surface area contributed by atoms with Gasteiger partial charge < -0.3 is 9.53 Å². The van der Waals surface area contributed by atoms with Gasteiger partial charge in [-0.15, -0.1) is 0 Å². The number of aromatic nitrogens is 2. The number of ether oxygens (including phenoxy) is 1. The van der Waals surface area contributed by atoms with Gasteiger partial charge in [0.25, 0.3) is 0 Å². The second kappa shape index (κ2) is 5.86. The summed E-state index contributed by atoms with van der Waals surface area (Å²) in [5, 5.41) is 0. The first-order valence-electron chi connectivity index (χ1n) is 5.28. The Morgan fingerprint density at radius 1 is 1.12 bits per heavy atom. The van der Waals surface area contributed by atoms with Crippen LogP contribution in [0.15, 0.2) is 42.7 Å². The van der Waals surface area contributed by atoms with Gasteiger partial charge in [0.15, 0.2) is 5.82 Å². The van der Waals surface area contributed by atoms with Gasteiger partial charge in [0.05, 0.1) is 6.61 Å². The third kappa shape index (κ3) is 3.19. The Hall–Kier alpha value is -2.07. The van der Waals surface area contributed by atoms with Crippen molar-refractivity contribution in [2.24, 2.45) is 0 Å². The molecule has 0 radical (unpaired) electrons. The summed E-state index contributed by atoms with van der Waals surface area (Å²) < 4.78 is 5.12. The first kappa shape index (κ1) is 11.4. The van der Waals surface area contributed by atoms with Gasteiger partial charge in [0.2, 0.25) is 0 Å². The molecule has 0 aliphatic carbocycles. The Morgan fingerprint density at radius 2 is 1.82 bits per heavy atom. The van der Waals surface area contributed by atoms with Crippen molar-refractivity contribution >= 4 is 6.29 Å². The van der Waals surface area contributed by atoms with Gasteiger partial charge in [0.1, 0.15) is 12.9 Å². The minimum absolute atomic E-state index is 0.129. The van der Waals surface area contributed by atoms with Crippen LogP contribution in [0.3, 0.4) is 0 Å². The molecule has 1 aromatic carbocycles. The lowest BCUT2D eigenvalue weighted by molar-refractivity contribution is -0.112. The number of carbonyl (C=O) groups is 1. The topological polar surface area (TPSA) is 52.1 Å². The molecule has 0 atom stereocenters. The van der Waals surface area contributed by atoms with Gasteiger partial charge in [-0.05, 0) is 11.6 Å². The Labute approximate surface area is 99.3 Å². The summed E-state index contributed by atoms with van der Waals surface area (Å²) in [5.74, 6) is 0.702. The molecular weight excluding hydrogens is 216 g/mol. The molecule has 1 aromatic heterocycles. The van der Waals surface area contributed by atoms with Crippen LogP contribution in [0.1, 0.15) is 5.56 Å². The Kier molecular flexibility index (Phi) is 3.94. The highest BCUT2D eigenvalue weighted by atomic mass is 16.5. The third-order valence-corrected chi connectivity index (χ3v) is 2.23. The van der Waals surface area contributed by atoms with Crippen LogP contribution in [-0.2, 0) is 16.1 Å². The zero-order valence-corrected chi connectivity index (χ0v) is 9.24. The van der Waals surface area contributed by atoms with E-state index in [0.717, 1.165) is 17.4 Å². The van der Waals surface area contributed by atoms with Crippen LogP contribution in [0.2, 0.25) is 0 Å². The van der Waals surface area contributed by atoms with Crippen molar-refractivity contribution in [3.8, 4) is 11.4 Å². The van der Waals surface area contributed by atoms with E-state index in [1.165, 1.54) is 0 Å². The second-order valence-corrected chi connectivity index (χ2v) is 3.45. The molecule has 2 aromatic rings. The quantitative estimate of drug-likeness (QED) is 0.579. The molecule has 0 saturated carbocycles. The van der Waals surface area contributed by atoms with E-state index in [4.69, 9.17) is 4.74 Å². The summed E-state index contributed by atoms with van der Waals surface area (Å²) in [7, 11) is 0. The lowest BCUT2D eigenvalue weighted by Crippen LogP contribution is -1.96. The average molecular weight is 228 g/mol. The molecule has 17 heavy (non-hydrogen) atoms. The normalized spacial score (nSPS) is 10.1. The maximum atomic E-state index is 10.1. The van der Waals surface area contributed by atoms with E-state index in [1.54, 1.807) is 18.5 Å². The Balaban J connectivity index is 2.05. The zero-order chi connectivity index (χ0) is 11.9. The molecule has 0 spiro atoms. The molecule has 0 N–H and O–H groups in total. The monoisotopic (exact) mass is 228 g/mol. The number of hydrogen-bond acceptors (Lipinski definition) is 4. The van der Waals surface area contributed by atoms with Gasteiger partial charge in [0, 0.05) is 18.0 Å². The summed E-state index contributed by atoms with van der Waals surface area (Å²) in [5.41, 5.74) is 1.98. The van der Waals surface area contributed by atoms with Crippen LogP contribution < -0.4 is 0 Å². The molecule has 2 rings (SSSR count). The molecule has 0 fully saturated rings. The molecule has 4 heteroatoms. The van der Waals surface area contributed by atoms with Crippen LogP contribution in [0, 0.1) is 0 Å². The molecule has 0 amide bonds. The fourth-order valence-corrected chi connectivity index (χ4v) is 1.42. The van der Waals surface area contributed by atoms with Gasteiger partial charge in [-0.25, -0.2) is 9.97 Å². The molecule has 86 valence electrons. The van der Waals surface area contributed by atoms with Crippen LogP contribution in [-0.4, -0.2) is 22.9 Å². The molecule has 0 saturated heterocycles. The van der Waals surface area contributed by atoms with Crippen molar-refractivity contribution in [1.82, 2.24) is 9.97 Å². The number of nitrogens with zero attached hydrogens (tertiary/aromatic N) is 2. The van der Waals surface area contributed by atoms with Gasteiger partial charge in [-0.1, -0.05) is 24.3 Å². The Bertz CT molecular complexity index is 469. The van der Waals surface area contributed by atoms with E-state index in [-0.39, 0.29) is 6.61 Å². The van der Waals surface area contributed by atoms with Gasteiger partial charge >= 0.3 is 0 Å². The van der Waals surface area contributed by atoms with Crippen molar-refractivity contribution < 1.29 is 9.53 Å². The van der Waals surface area contributed by atoms with Crippen molar-refractivity contribution in [3.63, 3.8) is 0 Å². The van der Waals surface area contributed by atoms with Crippen molar-refractivity contribution in [1.29, 1.82) is 0 Å². The molecular formula is C13H12N2O2. The maximum absolute atomic E-state index is 10.1. The molecule has 1 heterocycles. The maximum Gasteiger partial charge on any atom is 0.159 e. The highest BCUT2D eigenvalue weighted by molar-refractivity contribution is 5.54. The number of aldehydes is 1. The minimum atomic E-state index is 0.129. The van der Waals surface area contributed by atoms with Crippen LogP contribution in [0.4, 0.5) is 0 Å².